The third kappa shape index (κ3) is 5.07. The van der Waals surface area contributed by atoms with Crippen molar-refractivity contribution >= 4 is 23.6 Å². The number of carbonyl (C=O) groups excluding carboxylic acids is 2. The van der Waals surface area contributed by atoms with E-state index in [2.05, 4.69) is 15.7 Å². The summed E-state index contributed by atoms with van der Waals surface area (Å²) in [4.78, 5) is 25.1. The number of hydrogen-bond acceptors (Lipinski definition) is 6. The molecule has 36 heavy (non-hydrogen) atoms. The molecule has 4 N–H and O–H groups in total. The molecule has 1 aromatic carbocycles. The Morgan fingerprint density at radius 3 is 2.75 bits per heavy atom. The number of amides is 2. The van der Waals surface area contributed by atoms with Gasteiger partial charge in [0.15, 0.2) is 5.82 Å². The number of carbonyl (C=O) groups is 2. The number of nitrogens with one attached hydrogen (secondary N) is 2. The quantitative estimate of drug-likeness (QED) is 0.470. The first-order valence-corrected chi connectivity index (χ1v) is 13.0. The van der Waals surface area contributed by atoms with Gasteiger partial charge < -0.3 is 21.1 Å². The summed E-state index contributed by atoms with van der Waals surface area (Å²) in [5.41, 5.74) is 6.44. The van der Waals surface area contributed by atoms with Gasteiger partial charge in [-0.3, -0.25) is 9.59 Å². The molecule has 1 aromatic heterocycles. The van der Waals surface area contributed by atoms with Crippen LogP contribution in [0, 0.1) is 30.4 Å². The molecule has 2 heterocycles. The molecule has 2 fully saturated rings. The smallest absolute Gasteiger partial charge is 0.260 e. The first kappa shape index (κ1) is 24.6. The molecule has 3 aliphatic rings. The molecule has 1 unspecified atom stereocenters. The average Bonchev–Trinajstić information content (AvgIpc) is 3.45. The number of nitrogens with two attached hydrogens (primary N) is 1. The molecule has 5 rings (SSSR count). The highest BCUT2D eigenvalue weighted by atomic mass is 32.2. The molecule has 2 amide bonds. The zero-order valence-corrected chi connectivity index (χ0v) is 20.9. The molecule has 2 atom stereocenters. The zero-order chi connectivity index (χ0) is 25.6. The van der Waals surface area contributed by atoms with Crippen molar-refractivity contribution in [3.05, 3.63) is 58.1 Å². The summed E-state index contributed by atoms with van der Waals surface area (Å²) in [5.74, 6) is -0.737. The number of aromatic nitrogens is 2. The molecular weight excluding hydrogens is 488 g/mol. The molecule has 8 nitrogen and oxygen atoms in total. The van der Waals surface area contributed by atoms with Gasteiger partial charge in [0.25, 0.3) is 11.8 Å². The first-order valence-electron chi connectivity index (χ1n) is 12.1. The van der Waals surface area contributed by atoms with Crippen molar-refractivity contribution in [2.75, 3.05) is 0 Å². The number of benzene rings is 1. The lowest BCUT2D eigenvalue weighted by molar-refractivity contribution is -0.114. The summed E-state index contributed by atoms with van der Waals surface area (Å²) in [7, 11) is 0. The largest absolute Gasteiger partial charge is 0.475 e. The van der Waals surface area contributed by atoms with Crippen molar-refractivity contribution in [3.63, 3.8) is 0 Å². The normalized spacial score (nSPS) is 24.2. The summed E-state index contributed by atoms with van der Waals surface area (Å²) in [6.07, 6.45) is 6.01. The van der Waals surface area contributed by atoms with Gasteiger partial charge in [0.1, 0.15) is 16.4 Å². The van der Waals surface area contributed by atoms with E-state index in [-0.39, 0.29) is 29.1 Å². The van der Waals surface area contributed by atoms with Crippen molar-refractivity contribution in [1.82, 2.24) is 20.4 Å². The van der Waals surface area contributed by atoms with Crippen LogP contribution in [0.5, 0.6) is 0 Å². The molecule has 0 bridgehead atoms. The van der Waals surface area contributed by atoms with Crippen LogP contribution in [0.1, 0.15) is 55.1 Å². The highest BCUT2D eigenvalue weighted by Gasteiger charge is 2.40. The maximum Gasteiger partial charge on any atom is 0.260 e. The Morgan fingerprint density at radius 1 is 1.33 bits per heavy atom. The van der Waals surface area contributed by atoms with Crippen molar-refractivity contribution < 1.29 is 23.1 Å². The summed E-state index contributed by atoms with van der Waals surface area (Å²) in [6, 6.07) is 3.25. The fraction of sp³-hybridized carbons (Fsp3) is 0.480. The van der Waals surface area contributed by atoms with E-state index in [4.69, 9.17) is 10.5 Å². The van der Waals surface area contributed by atoms with Gasteiger partial charge in [0, 0.05) is 12.1 Å². The van der Waals surface area contributed by atoms with Crippen LogP contribution in [0.25, 0.3) is 5.69 Å². The van der Waals surface area contributed by atoms with Gasteiger partial charge in [-0.2, -0.15) is 5.10 Å². The lowest BCUT2D eigenvalue weighted by atomic mass is 9.77. The Kier molecular flexibility index (Phi) is 6.67. The van der Waals surface area contributed by atoms with Gasteiger partial charge >= 0.3 is 0 Å². The second-order valence-electron chi connectivity index (χ2n) is 9.87. The van der Waals surface area contributed by atoms with Crippen LogP contribution in [0.2, 0.25) is 0 Å². The molecular formula is C25H29F2N5O3S. The Hall–Kier alpha value is -3.08. The minimum Gasteiger partial charge on any atom is -0.475 e. The number of hydrogen-bond donors (Lipinski definition) is 3. The van der Waals surface area contributed by atoms with E-state index < -0.39 is 17.5 Å². The summed E-state index contributed by atoms with van der Waals surface area (Å²) < 4.78 is 34.7. The van der Waals surface area contributed by atoms with Crippen LogP contribution in [0.3, 0.4) is 0 Å². The fourth-order valence-corrected chi connectivity index (χ4v) is 6.05. The van der Waals surface area contributed by atoms with E-state index in [1.807, 2.05) is 6.92 Å². The highest BCUT2D eigenvalue weighted by Crippen LogP contribution is 2.45. The number of halogens is 2. The van der Waals surface area contributed by atoms with Gasteiger partial charge in [-0.05, 0) is 69.9 Å². The molecule has 192 valence electrons. The van der Waals surface area contributed by atoms with Crippen LogP contribution in [0.4, 0.5) is 8.78 Å². The Morgan fingerprint density at radius 2 is 2.08 bits per heavy atom. The van der Waals surface area contributed by atoms with Crippen LogP contribution in [0.15, 0.2) is 35.2 Å². The predicted octanol–water partition coefficient (Wildman–Crippen LogP) is 3.49. The van der Waals surface area contributed by atoms with Crippen molar-refractivity contribution in [1.29, 1.82) is 0 Å². The molecule has 2 aromatic rings. The predicted molar refractivity (Wildman–Crippen MR) is 131 cm³/mol. The van der Waals surface area contributed by atoms with E-state index in [1.54, 1.807) is 6.92 Å². The lowest BCUT2D eigenvalue weighted by Gasteiger charge is -2.37. The highest BCUT2D eigenvalue weighted by molar-refractivity contribution is 8.04. The van der Waals surface area contributed by atoms with E-state index in [1.165, 1.54) is 28.7 Å². The molecule has 0 spiro atoms. The van der Waals surface area contributed by atoms with Crippen LogP contribution in [-0.2, 0) is 9.53 Å². The minimum atomic E-state index is -0.750. The summed E-state index contributed by atoms with van der Waals surface area (Å²) in [5, 5.41) is 10.6. The number of primary amides is 1. The second kappa shape index (κ2) is 9.76. The van der Waals surface area contributed by atoms with Crippen LogP contribution < -0.4 is 16.4 Å². The van der Waals surface area contributed by atoms with E-state index in [9.17, 15) is 18.4 Å². The van der Waals surface area contributed by atoms with E-state index >= 15 is 0 Å². The van der Waals surface area contributed by atoms with Crippen LogP contribution >= 0.6 is 11.8 Å². The van der Waals surface area contributed by atoms with Crippen LogP contribution in [-0.4, -0.2) is 39.1 Å². The maximum atomic E-state index is 14.2. The molecule has 11 heteroatoms. The molecule has 0 saturated heterocycles. The summed E-state index contributed by atoms with van der Waals surface area (Å²) >= 11 is 1.46. The Balaban J connectivity index is 1.11. The SMILES string of the molecule is Cc1c(C(=O)NC2CC(C[C@H](C)OC3=C(C(N)=O)SC(C4CC4)N3)C2)cnn1-c1ccc(F)cc1F. The summed E-state index contributed by atoms with van der Waals surface area (Å²) in [6.45, 7) is 3.64. The van der Waals surface area contributed by atoms with Gasteiger partial charge in [0.2, 0.25) is 5.88 Å². The Labute approximate surface area is 212 Å². The van der Waals surface area contributed by atoms with Gasteiger partial charge in [-0.1, -0.05) is 11.8 Å². The lowest BCUT2D eigenvalue weighted by Crippen LogP contribution is -2.45. The van der Waals surface area contributed by atoms with E-state index in [0.29, 0.717) is 33.9 Å². The molecule has 2 aliphatic carbocycles. The van der Waals surface area contributed by atoms with Gasteiger partial charge in [-0.25, -0.2) is 13.5 Å². The maximum absolute atomic E-state index is 14.2. The number of thioether (sulfide) groups is 1. The third-order valence-electron chi connectivity index (χ3n) is 6.95. The molecule has 0 radical (unpaired) electrons. The van der Waals surface area contributed by atoms with Crippen molar-refractivity contribution in [3.8, 4) is 5.69 Å². The zero-order valence-electron chi connectivity index (χ0n) is 20.1. The third-order valence-corrected chi connectivity index (χ3v) is 8.32. The topological polar surface area (TPSA) is 111 Å². The van der Waals surface area contributed by atoms with Crippen molar-refractivity contribution in [2.45, 2.75) is 63.5 Å². The van der Waals surface area contributed by atoms with E-state index in [0.717, 1.165) is 44.2 Å². The Bertz CT molecular complexity index is 1220. The molecule has 2 saturated carbocycles. The molecule has 1 aliphatic heterocycles. The monoisotopic (exact) mass is 517 g/mol. The average molecular weight is 518 g/mol. The number of ether oxygens (including phenoxy) is 1. The van der Waals surface area contributed by atoms with Gasteiger partial charge in [0.05, 0.1) is 28.9 Å². The number of nitrogens with zero attached hydrogens (tertiary/aromatic N) is 2. The van der Waals surface area contributed by atoms with Gasteiger partial charge in [-0.15, -0.1) is 0 Å². The fourth-order valence-electron chi connectivity index (χ4n) is 4.83. The minimum absolute atomic E-state index is 0.0276. The first-order chi connectivity index (χ1) is 17.2. The number of rotatable bonds is 9. The standard InChI is InChI=1S/C25H29F2N5O3S/c1-12(35-24-21(22(28)33)36-25(31-24)15-3-4-15)7-14-8-17(9-14)30-23(34)18-11-29-32(13(18)2)20-6-5-16(26)10-19(20)27/h5-6,10-12,14-15,17,25,31H,3-4,7-9H2,1-2H3,(H2,28,33)(H,30,34)/t12-,14?,17?,25?/m0/s1. The second-order valence-corrected chi connectivity index (χ2v) is 11.0. The van der Waals surface area contributed by atoms with Crippen molar-refractivity contribution in [2.24, 2.45) is 17.6 Å².